The Morgan fingerprint density at radius 2 is 1.76 bits per heavy atom. The molecule has 1 amide bonds. The van der Waals surface area contributed by atoms with E-state index in [0.717, 1.165) is 5.56 Å². The number of pyridine rings is 1. The van der Waals surface area contributed by atoms with E-state index in [9.17, 15) is 9.59 Å². The number of nitrogens with one attached hydrogen (secondary N) is 2. The minimum atomic E-state index is -0.218. The van der Waals surface area contributed by atoms with Gasteiger partial charge < -0.3 is 10.3 Å². The van der Waals surface area contributed by atoms with Crippen molar-refractivity contribution in [2.24, 2.45) is 0 Å². The second-order valence-electron chi connectivity index (χ2n) is 6.07. The zero-order chi connectivity index (χ0) is 15.5. The minimum absolute atomic E-state index is 0.123. The third kappa shape index (κ3) is 4.05. The van der Waals surface area contributed by atoms with Gasteiger partial charge in [-0.2, -0.15) is 0 Å². The summed E-state index contributed by atoms with van der Waals surface area (Å²) in [7, 11) is 0. The van der Waals surface area contributed by atoms with E-state index in [4.69, 9.17) is 0 Å². The van der Waals surface area contributed by atoms with E-state index in [0.29, 0.717) is 12.1 Å². The molecule has 1 heterocycles. The molecule has 110 valence electrons. The zero-order valence-corrected chi connectivity index (χ0v) is 12.6. The molecular formula is C17H20N2O2. The molecule has 2 N–H and O–H groups in total. The summed E-state index contributed by atoms with van der Waals surface area (Å²) in [6.45, 7) is 6.96. The van der Waals surface area contributed by atoms with Gasteiger partial charge in [0.15, 0.2) is 0 Å². The Balaban J connectivity index is 1.98. The highest BCUT2D eigenvalue weighted by atomic mass is 16.1. The van der Waals surface area contributed by atoms with Gasteiger partial charge in [0.25, 0.3) is 5.91 Å². The topological polar surface area (TPSA) is 62.0 Å². The molecule has 0 aliphatic heterocycles. The first-order valence-corrected chi connectivity index (χ1v) is 6.92. The summed E-state index contributed by atoms with van der Waals surface area (Å²) < 4.78 is 0. The molecule has 0 atom stereocenters. The van der Waals surface area contributed by atoms with Gasteiger partial charge in [-0.3, -0.25) is 9.59 Å². The van der Waals surface area contributed by atoms with E-state index in [1.165, 1.54) is 23.9 Å². The number of amides is 1. The number of H-pyrrole nitrogens is 1. The summed E-state index contributed by atoms with van der Waals surface area (Å²) in [4.78, 5) is 25.4. The molecule has 0 unspecified atom stereocenters. The summed E-state index contributed by atoms with van der Waals surface area (Å²) in [5, 5.41) is 2.83. The third-order valence-electron chi connectivity index (χ3n) is 3.32. The van der Waals surface area contributed by atoms with Crippen molar-refractivity contribution in [2.45, 2.75) is 32.7 Å². The minimum Gasteiger partial charge on any atom is -0.348 e. The lowest BCUT2D eigenvalue weighted by Crippen LogP contribution is -2.23. The summed E-state index contributed by atoms with van der Waals surface area (Å²) >= 11 is 0. The normalized spacial score (nSPS) is 11.2. The van der Waals surface area contributed by atoms with E-state index in [2.05, 4.69) is 43.2 Å². The standard InChI is InChI=1S/C17H20N2O2/c1-17(2,3)14-7-4-12(5-8-14)10-19-16(21)13-6-9-15(20)18-11-13/h4-9,11H,10H2,1-3H3,(H,18,20)(H,19,21). The molecule has 4 nitrogen and oxygen atoms in total. The monoisotopic (exact) mass is 284 g/mol. The molecule has 0 fully saturated rings. The van der Waals surface area contributed by atoms with Crippen molar-refractivity contribution in [1.29, 1.82) is 0 Å². The van der Waals surface area contributed by atoms with Gasteiger partial charge in [0.2, 0.25) is 5.56 Å². The van der Waals surface area contributed by atoms with Crippen molar-refractivity contribution in [1.82, 2.24) is 10.3 Å². The van der Waals surface area contributed by atoms with Crippen LogP contribution in [-0.4, -0.2) is 10.9 Å². The predicted octanol–water partition coefficient (Wildman–Crippen LogP) is 2.60. The molecule has 1 aromatic carbocycles. The molecule has 0 spiro atoms. The molecule has 2 aromatic rings. The van der Waals surface area contributed by atoms with Crippen LogP contribution in [0.1, 0.15) is 42.3 Å². The second-order valence-corrected chi connectivity index (χ2v) is 6.07. The number of carbonyl (C=O) groups is 1. The largest absolute Gasteiger partial charge is 0.348 e. The fraction of sp³-hybridized carbons (Fsp3) is 0.294. The predicted molar refractivity (Wildman–Crippen MR) is 83.4 cm³/mol. The van der Waals surface area contributed by atoms with Crippen LogP contribution in [0.25, 0.3) is 0 Å². The SMILES string of the molecule is CC(C)(C)c1ccc(CNC(=O)c2ccc(=O)[nH]c2)cc1. The first kappa shape index (κ1) is 15.0. The van der Waals surface area contributed by atoms with E-state index < -0.39 is 0 Å². The maximum Gasteiger partial charge on any atom is 0.253 e. The summed E-state index contributed by atoms with van der Waals surface area (Å²) in [6.07, 6.45) is 1.42. The Morgan fingerprint density at radius 3 is 2.29 bits per heavy atom. The van der Waals surface area contributed by atoms with Crippen LogP contribution in [0.2, 0.25) is 0 Å². The van der Waals surface area contributed by atoms with E-state index in [-0.39, 0.29) is 16.9 Å². The fourth-order valence-corrected chi connectivity index (χ4v) is 1.96. The Hall–Kier alpha value is -2.36. The summed E-state index contributed by atoms with van der Waals surface area (Å²) in [5.74, 6) is -0.203. The van der Waals surface area contributed by atoms with Gasteiger partial charge in [0, 0.05) is 18.8 Å². The molecule has 0 saturated heterocycles. The van der Waals surface area contributed by atoms with E-state index >= 15 is 0 Å². The Kier molecular flexibility index (Phi) is 4.26. The molecule has 1 aromatic heterocycles. The van der Waals surface area contributed by atoms with Crippen LogP contribution in [0.5, 0.6) is 0 Å². The van der Waals surface area contributed by atoms with Crippen LogP contribution in [0.3, 0.4) is 0 Å². The van der Waals surface area contributed by atoms with Gasteiger partial charge in [-0.15, -0.1) is 0 Å². The molecule has 0 saturated carbocycles. The Morgan fingerprint density at radius 1 is 1.10 bits per heavy atom. The lowest BCUT2D eigenvalue weighted by molar-refractivity contribution is 0.0950. The van der Waals surface area contributed by atoms with Gasteiger partial charge >= 0.3 is 0 Å². The number of benzene rings is 1. The van der Waals surface area contributed by atoms with Crippen LogP contribution in [-0.2, 0) is 12.0 Å². The number of aromatic nitrogens is 1. The lowest BCUT2D eigenvalue weighted by atomic mass is 9.87. The highest BCUT2D eigenvalue weighted by molar-refractivity contribution is 5.93. The van der Waals surface area contributed by atoms with Crippen molar-refractivity contribution < 1.29 is 4.79 Å². The average molecular weight is 284 g/mol. The van der Waals surface area contributed by atoms with E-state index in [1.54, 1.807) is 0 Å². The van der Waals surface area contributed by atoms with E-state index in [1.807, 2.05) is 12.1 Å². The fourth-order valence-electron chi connectivity index (χ4n) is 1.96. The zero-order valence-electron chi connectivity index (χ0n) is 12.6. The molecule has 0 radical (unpaired) electrons. The number of aromatic amines is 1. The highest BCUT2D eigenvalue weighted by Crippen LogP contribution is 2.22. The van der Waals surface area contributed by atoms with Crippen molar-refractivity contribution >= 4 is 5.91 Å². The van der Waals surface area contributed by atoms with Crippen molar-refractivity contribution in [2.75, 3.05) is 0 Å². The number of hydrogen-bond donors (Lipinski definition) is 2. The maximum absolute atomic E-state index is 11.9. The van der Waals surface area contributed by atoms with Crippen LogP contribution < -0.4 is 10.9 Å². The lowest BCUT2D eigenvalue weighted by Gasteiger charge is -2.19. The van der Waals surface area contributed by atoms with Crippen LogP contribution in [0, 0.1) is 0 Å². The van der Waals surface area contributed by atoms with Gasteiger partial charge in [-0.25, -0.2) is 0 Å². The van der Waals surface area contributed by atoms with Crippen molar-refractivity contribution in [3.8, 4) is 0 Å². The first-order chi connectivity index (χ1) is 9.86. The van der Waals surface area contributed by atoms with Crippen LogP contribution >= 0.6 is 0 Å². The molecule has 2 rings (SSSR count). The first-order valence-electron chi connectivity index (χ1n) is 6.92. The molecule has 4 heteroatoms. The Labute approximate surface area is 124 Å². The van der Waals surface area contributed by atoms with Gasteiger partial charge in [-0.05, 0) is 22.6 Å². The van der Waals surface area contributed by atoms with Gasteiger partial charge in [0.05, 0.1) is 5.56 Å². The van der Waals surface area contributed by atoms with Gasteiger partial charge in [-0.1, -0.05) is 45.0 Å². The molecule has 0 aliphatic carbocycles. The molecule has 0 bridgehead atoms. The number of hydrogen-bond acceptors (Lipinski definition) is 2. The second kappa shape index (κ2) is 5.95. The number of rotatable bonds is 3. The smallest absolute Gasteiger partial charge is 0.253 e. The highest BCUT2D eigenvalue weighted by Gasteiger charge is 2.13. The molecule has 0 aliphatic rings. The third-order valence-corrected chi connectivity index (χ3v) is 3.32. The average Bonchev–Trinajstić information content (AvgIpc) is 2.45. The quantitative estimate of drug-likeness (QED) is 0.910. The van der Waals surface area contributed by atoms with Crippen LogP contribution in [0.4, 0.5) is 0 Å². The molecule has 21 heavy (non-hydrogen) atoms. The summed E-state index contributed by atoms with van der Waals surface area (Å²) in [5.41, 5.74) is 2.65. The van der Waals surface area contributed by atoms with Crippen molar-refractivity contribution in [3.05, 3.63) is 69.6 Å². The van der Waals surface area contributed by atoms with Crippen LogP contribution in [0.15, 0.2) is 47.4 Å². The maximum atomic E-state index is 11.9. The van der Waals surface area contributed by atoms with Gasteiger partial charge in [0.1, 0.15) is 0 Å². The summed E-state index contributed by atoms with van der Waals surface area (Å²) in [6, 6.07) is 11.1. The number of carbonyl (C=O) groups excluding carboxylic acids is 1. The molecular weight excluding hydrogens is 264 g/mol. The Bertz CT molecular complexity index is 659. The van der Waals surface area contributed by atoms with Crippen molar-refractivity contribution in [3.63, 3.8) is 0 Å².